The number of ether oxygens (including phenoxy) is 1. The maximum Gasteiger partial charge on any atom is 0.250 e. The third kappa shape index (κ3) is 4.01. The van der Waals surface area contributed by atoms with Crippen molar-refractivity contribution in [3.05, 3.63) is 84.2 Å². The fourth-order valence-electron chi connectivity index (χ4n) is 3.80. The molecule has 0 bridgehead atoms. The van der Waals surface area contributed by atoms with Crippen molar-refractivity contribution in [2.24, 2.45) is 5.73 Å². The number of benzene rings is 2. The second-order valence-corrected chi connectivity index (χ2v) is 7.80. The number of carbonyl (C=O) groups excluding carboxylic acids is 1. The van der Waals surface area contributed by atoms with Crippen molar-refractivity contribution in [1.82, 2.24) is 14.6 Å². The molecule has 184 valence electrons. The number of amides is 1. The lowest BCUT2D eigenvalue weighted by Gasteiger charge is -2.43. The first-order valence-electron chi connectivity index (χ1n) is 10.5. The van der Waals surface area contributed by atoms with Crippen molar-refractivity contribution in [2.75, 3.05) is 15.5 Å². The molecule has 3 heterocycles. The van der Waals surface area contributed by atoms with Crippen LogP contribution in [-0.4, -0.2) is 43.3 Å². The number of nitrogens with zero attached hydrogens (tertiary/aromatic N) is 5. The fourth-order valence-corrected chi connectivity index (χ4v) is 3.80. The molecule has 0 radical (unpaired) electrons. The second-order valence-electron chi connectivity index (χ2n) is 7.80. The standard InChI is InChI=1S/C23H19F2N7O4/c24-12-1-3-13(4-2-12)31-22(34)15(21(27)33)11-30(23(31)35)14-5-6-17(16(25)9-14)36-20-10-18(26)29-19-7-8-28-32(19)20/h1-11,22-23,34-35H,(H2,26,29)(H2,27,33). The average Bonchev–Trinajstić information content (AvgIpc) is 3.30. The maximum absolute atomic E-state index is 15.1. The van der Waals surface area contributed by atoms with E-state index < -0.39 is 30.1 Å². The van der Waals surface area contributed by atoms with E-state index in [1.54, 1.807) is 6.07 Å². The molecule has 4 aromatic rings. The summed E-state index contributed by atoms with van der Waals surface area (Å²) >= 11 is 0. The quantitative estimate of drug-likeness (QED) is 0.323. The molecule has 2 unspecified atom stereocenters. The molecule has 0 saturated heterocycles. The molecule has 2 aromatic carbocycles. The van der Waals surface area contributed by atoms with E-state index >= 15 is 4.39 Å². The Bertz CT molecular complexity index is 1490. The number of aliphatic hydroxyl groups excluding tert-OH is 2. The number of rotatable bonds is 5. The summed E-state index contributed by atoms with van der Waals surface area (Å²) in [5.74, 6) is -2.23. The highest BCUT2D eigenvalue weighted by atomic mass is 19.1. The van der Waals surface area contributed by atoms with Crippen LogP contribution < -0.4 is 26.0 Å². The molecule has 0 spiro atoms. The normalized spacial score (nSPS) is 17.8. The van der Waals surface area contributed by atoms with Gasteiger partial charge in [-0.05, 0) is 36.4 Å². The topological polar surface area (TPSA) is 155 Å². The van der Waals surface area contributed by atoms with Crippen molar-refractivity contribution < 1.29 is 28.5 Å². The van der Waals surface area contributed by atoms with E-state index in [-0.39, 0.29) is 34.4 Å². The number of nitrogens with two attached hydrogens (primary N) is 2. The Morgan fingerprint density at radius 1 is 1.03 bits per heavy atom. The number of nitrogen functional groups attached to an aromatic ring is 1. The highest BCUT2D eigenvalue weighted by Gasteiger charge is 2.37. The van der Waals surface area contributed by atoms with Crippen LogP contribution in [0.2, 0.25) is 0 Å². The van der Waals surface area contributed by atoms with Crippen LogP contribution in [0.15, 0.2) is 72.6 Å². The summed E-state index contributed by atoms with van der Waals surface area (Å²) in [6.45, 7) is 0. The number of hydrogen-bond acceptors (Lipinski definition) is 9. The van der Waals surface area contributed by atoms with Gasteiger partial charge in [0.05, 0.1) is 11.8 Å². The zero-order valence-corrected chi connectivity index (χ0v) is 18.4. The van der Waals surface area contributed by atoms with Crippen molar-refractivity contribution in [3.8, 4) is 11.6 Å². The van der Waals surface area contributed by atoms with E-state index in [1.165, 1.54) is 41.0 Å². The first-order valence-corrected chi connectivity index (χ1v) is 10.5. The van der Waals surface area contributed by atoms with Crippen LogP contribution in [0.4, 0.5) is 26.0 Å². The lowest BCUT2D eigenvalue weighted by molar-refractivity contribution is -0.115. The predicted molar refractivity (Wildman–Crippen MR) is 125 cm³/mol. The highest BCUT2D eigenvalue weighted by molar-refractivity contribution is 5.94. The van der Waals surface area contributed by atoms with Gasteiger partial charge in [0, 0.05) is 35.8 Å². The first kappa shape index (κ1) is 23.0. The number of carbonyl (C=O) groups is 1. The summed E-state index contributed by atoms with van der Waals surface area (Å²) in [4.78, 5) is 18.2. The molecule has 2 aromatic heterocycles. The number of aromatic nitrogens is 3. The van der Waals surface area contributed by atoms with E-state index in [9.17, 15) is 19.4 Å². The zero-order valence-electron chi connectivity index (χ0n) is 18.4. The van der Waals surface area contributed by atoms with Gasteiger partial charge in [-0.3, -0.25) is 9.69 Å². The molecule has 11 nitrogen and oxygen atoms in total. The molecule has 1 amide bonds. The first-order chi connectivity index (χ1) is 17.2. The molecule has 13 heteroatoms. The smallest absolute Gasteiger partial charge is 0.250 e. The molecule has 5 rings (SSSR count). The Morgan fingerprint density at radius 2 is 1.75 bits per heavy atom. The highest BCUT2D eigenvalue weighted by Crippen LogP contribution is 2.34. The van der Waals surface area contributed by atoms with Crippen molar-refractivity contribution in [3.63, 3.8) is 0 Å². The molecule has 1 aliphatic rings. The SMILES string of the molecule is NC(=O)C1=CN(c2ccc(Oc3cc(N)nc4ccnn34)c(F)c2)C(O)N(c2ccc(F)cc2)C1O. The molecule has 6 N–H and O–H groups in total. The van der Waals surface area contributed by atoms with Crippen molar-refractivity contribution in [2.45, 2.75) is 12.6 Å². The maximum atomic E-state index is 15.1. The third-order valence-electron chi connectivity index (χ3n) is 5.50. The monoisotopic (exact) mass is 495 g/mol. The Labute approximate surface area is 202 Å². The van der Waals surface area contributed by atoms with Gasteiger partial charge in [-0.2, -0.15) is 9.61 Å². The number of anilines is 3. The number of fused-ring (bicyclic) bond motifs is 1. The van der Waals surface area contributed by atoms with Crippen LogP contribution in [0, 0.1) is 11.6 Å². The average molecular weight is 495 g/mol. The van der Waals surface area contributed by atoms with Crippen LogP contribution in [0.3, 0.4) is 0 Å². The molecule has 0 saturated carbocycles. The Balaban J connectivity index is 1.50. The molecular weight excluding hydrogens is 476 g/mol. The van der Waals surface area contributed by atoms with Gasteiger partial charge in [0.1, 0.15) is 11.6 Å². The van der Waals surface area contributed by atoms with E-state index in [4.69, 9.17) is 16.2 Å². The Morgan fingerprint density at radius 3 is 2.44 bits per heavy atom. The van der Waals surface area contributed by atoms with Crippen LogP contribution in [-0.2, 0) is 4.79 Å². The summed E-state index contributed by atoms with van der Waals surface area (Å²) in [6, 6.07) is 11.6. The van der Waals surface area contributed by atoms with Gasteiger partial charge in [0.25, 0.3) is 5.91 Å². The van der Waals surface area contributed by atoms with Crippen LogP contribution in [0.25, 0.3) is 5.65 Å². The van der Waals surface area contributed by atoms with Crippen molar-refractivity contribution in [1.29, 1.82) is 0 Å². The minimum Gasteiger partial charge on any atom is -0.436 e. The fraction of sp³-hybridized carbons (Fsp3) is 0.0870. The summed E-state index contributed by atoms with van der Waals surface area (Å²) in [5.41, 5.74) is 11.6. The summed E-state index contributed by atoms with van der Waals surface area (Å²) < 4.78 is 35.5. The van der Waals surface area contributed by atoms with Crippen LogP contribution in [0.1, 0.15) is 0 Å². The minimum atomic E-state index is -1.64. The summed E-state index contributed by atoms with van der Waals surface area (Å²) in [6.07, 6.45) is -0.650. The predicted octanol–water partition coefficient (Wildman–Crippen LogP) is 1.67. The molecule has 1 aliphatic heterocycles. The van der Waals surface area contributed by atoms with E-state index in [0.29, 0.717) is 5.65 Å². The van der Waals surface area contributed by atoms with E-state index in [0.717, 1.165) is 34.2 Å². The van der Waals surface area contributed by atoms with E-state index in [2.05, 4.69) is 10.1 Å². The zero-order chi connectivity index (χ0) is 25.6. The van der Waals surface area contributed by atoms with Crippen LogP contribution in [0.5, 0.6) is 11.6 Å². The van der Waals surface area contributed by atoms with Gasteiger partial charge in [0.2, 0.25) is 12.2 Å². The van der Waals surface area contributed by atoms with Gasteiger partial charge in [-0.1, -0.05) is 0 Å². The number of aliphatic hydroxyl groups is 2. The summed E-state index contributed by atoms with van der Waals surface area (Å²) in [5, 5.41) is 25.7. The molecular formula is C23H19F2N7O4. The van der Waals surface area contributed by atoms with Crippen LogP contribution >= 0.6 is 0 Å². The van der Waals surface area contributed by atoms with Crippen molar-refractivity contribution >= 4 is 28.7 Å². The number of hydrogen-bond donors (Lipinski definition) is 4. The van der Waals surface area contributed by atoms with Gasteiger partial charge >= 0.3 is 0 Å². The largest absolute Gasteiger partial charge is 0.436 e. The number of primary amides is 1. The minimum absolute atomic E-state index is 0.101. The van der Waals surface area contributed by atoms with E-state index in [1.807, 2.05) is 0 Å². The van der Waals surface area contributed by atoms with Gasteiger partial charge in [-0.25, -0.2) is 13.8 Å². The Kier molecular flexibility index (Phi) is 5.62. The van der Waals surface area contributed by atoms with Gasteiger partial charge in [-0.15, -0.1) is 0 Å². The third-order valence-corrected chi connectivity index (χ3v) is 5.50. The Hall–Kier alpha value is -4.75. The van der Waals surface area contributed by atoms with Gasteiger partial charge in [0.15, 0.2) is 23.4 Å². The summed E-state index contributed by atoms with van der Waals surface area (Å²) in [7, 11) is 0. The molecule has 0 fully saturated rings. The molecule has 2 atom stereocenters. The second kappa shape index (κ2) is 8.79. The molecule has 0 aliphatic carbocycles. The van der Waals surface area contributed by atoms with Gasteiger partial charge < -0.3 is 31.3 Å². The lowest BCUT2D eigenvalue weighted by Crippen LogP contribution is -2.57. The molecule has 36 heavy (non-hydrogen) atoms. The lowest BCUT2D eigenvalue weighted by atomic mass is 10.1. The number of halogens is 2.